The number of carbonyl (C=O) groups is 1. The van der Waals surface area contributed by atoms with Crippen molar-refractivity contribution in [2.24, 2.45) is 0 Å². The summed E-state index contributed by atoms with van der Waals surface area (Å²) >= 11 is 0. The summed E-state index contributed by atoms with van der Waals surface area (Å²) in [5.41, 5.74) is 0. The van der Waals surface area contributed by atoms with E-state index in [2.05, 4.69) is 6.92 Å². The summed E-state index contributed by atoms with van der Waals surface area (Å²) in [6.45, 7) is 2.15. The van der Waals surface area contributed by atoms with E-state index in [1.54, 1.807) is 0 Å². The number of carboxylic acids is 1. The third-order valence-corrected chi connectivity index (χ3v) is 1.49. The van der Waals surface area contributed by atoms with Gasteiger partial charge in [-0.25, -0.2) is 0 Å². The minimum absolute atomic E-state index is 0. The van der Waals surface area contributed by atoms with E-state index in [1.165, 1.54) is 19.3 Å². The van der Waals surface area contributed by atoms with Gasteiger partial charge >= 0.3 is 35.5 Å². The first-order valence-corrected chi connectivity index (χ1v) is 3.99. The number of hydrogen-bond donors (Lipinski definition) is 1. The summed E-state index contributed by atoms with van der Waals surface area (Å²) in [6, 6.07) is 0. The molecule has 70 valence electrons. The maximum Gasteiger partial charge on any atom is 1.00 e. The van der Waals surface area contributed by atoms with Crippen LogP contribution in [0.25, 0.3) is 0 Å². The number of hydrogen-bond acceptors (Lipinski definition) is 1. The van der Waals surface area contributed by atoms with Crippen molar-refractivity contribution in [1.29, 1.82) is 0 Å². The molecule has 0 atom stereocenters. The Labute approximate surface area is 104 Å². The van der Waals surface area contributed by atoms with Crippen LogP contribution in [0.2, 0.25) is 0 Å². The van der Waals surface area contributed by atoms with E-state index in [0.717, 1.165) is 12.8 Å². The van der Waals surface area contributed by atoms with Crippen LogP contribution < -0.4 is 29.6 Å². The van der Waals surface area contributed by atoms with Crippen LogP contribution in [0.15, 0.2) is 0 Å². The van der Waals surface area contributed by atoms with E-state index >= 15 is 0 Å². The molecule has 2 nitrogen and oxygen atoms in total. The number of carboxylic acid groups (broad SMARTS) is 1. The average molecular weight is 205 g/mol. The van der Waals surface area contributed by atoms with Crippen LogP contribution in [-0.2, 0) is 4.79 Å². The van der Waals surface area contributed by atoms with Crippen LogP contribution in [-0.4, -0.2) is 11.1 Å². The van der Waals surface area contributed by atoms with E-state index in [1.807, 2.05) is 0 Å². The van der Waals surface area contributed by atoms with Crippen molar-refractivity contribution in [2.45, 2.75) is 45.4 Å². The zero-order valence-electron chi connectivity index (χ0n) is 9.01. The van der Waals surface area contributed by atoms with E-state index < -0.39 is 5.97 Å². The molecule has 0 heterocycles. The second-order valence-electron chi connectivity index (χ2n) is 2.56. The van der Waals surface area contributed by atoms with Gasteiger partial charge in [0.2, 0.25) is 0 Å². The maximum absolute atomic E-state index is 10.0. The third-order valence-electron chi connectivity index (χ3n) is 1.49. The Morgan fingerprint density at radius 1 is 1.25 bits per heavy atom. The molecule has 0 aliphatic rings. The molecule has 0 fully saturated rings. The molecule has 0 amide bonds. The topological polar surface area (TPSA) is 37.3 Å². The molecule has 0 aliphatic heterocycles. The zero-order chi connectivity index (χ0) is 7.82. The minimum Gasteiger partial charge on any atom is -1.00 e. The third kappa shape index (κ3) is 17.0. The summed E-state index contributed by atoms with van der Waals surface area (Å²) in [6.07, 6.45) is 5.88. The maximum atomic E-state index is 10.0. The Hall–Kier alpha value is 0.760. The van der Waals surface area contributed by atoms with Crippen LogP contribution in [0.5, 0.6) is 0 Å². The van der Waals surface area contributed by atoms with E-state index in [9.17, 15) is 4.79 Å². The van der Waals surface area contributed by atoms with Crippen molar-refractivity contribution in [2.75, 3.05) is 0 Å². The first kappa shape index (κ1) is 18.5. The van der Waals surface area contributed by atoms with Crippen LogP contribution in [0.4, 0.5) is 0 Å². The summed E-state index contributed by atoms with van der Waals surface area (Å²) in [5.74, 6) is -0.670. The Bertz CT molecular complexity index is 104. The molecule has 1 N–H and O–H groups in total. The SMILES string of the molecule is CCCCCCCC(=O)O.Cl.[H-].[Na+]. The Morgan fingerprint density at radius 3 is 2.17 bits per heavy atom. The van der Waals surface area contributed by atoms with Crippen molar-refractivity contribution in [3.05, 3.63) is 0 Å². The van der Waals surface area contributed by atoms with Gasteiger partial charge in [0.25, 0.3) is 0 Å². The van der Waals surface area contributed by atoms with E-state index in [4.69, 9.17) is 5.11 Å². The number of rotatable bonds is 6. The van der Waals surface area contributed by atoms with Gasteiger partial charge in [-0.1, -0.05) is 32.6 Å². The Balaban J connectivity index is -0.000000135. The molecule has 0 saturated carbocycles. The quantitative estimate of drug-likeness (QED) is 0.488. The van der Waals surface area contributed by atoms with Gasteiger partial charge in [-0.15, -0.1) is 12.4 Å². The molecule has 4 heteroatoms. The fourth-order valence-electron chi connectivity index (χ4n) is 0.880. The molecule has 0 spiro atoms. The van der Waals surface area contributed by atoms with Gasteiger partial charge in [0, 0.05) is 6.42 Å². The molecule has 12 heavy (non-hydrogen) atoms. The predicted molar refractivity (Wildman–Crippen MR) is 49.4 cm³/mol. The molecule has 0 rings (SSSR count). The number of aliphatic carboxylic acids is 1. The van der Waals surface area contributed by atoms with Gasteiger partial charge in [0.1, 0.15) is 0 Å². The van der Waals surface area contributed by atoms with Crippen molar-refractivity contribution < 1.29 is 40.9 Å². The van der Waals surface area contributed by atoms with E-state index in [-0.39, 0.29) is 43.4 Å². The fraction of sp³-hybridized carbons (Fsp3) is 0.875. The summed E-state index contributed by atoms with van der Waals surface area (Å²) in [4.78, 5) is 10.0. The second kappa shape index (κ2) is 14.3. The first-order chi connectivity index (χ1) is 4.77. The normalized spacial score (nSPS) is 8.08. The standard InChI is InChI=1S/C8H16O2.ClH.Na.H/c1-2-3-4-5-6-7-8(9)10;;;/h2-7H2,1H3,(H,9,10);1H;;/q;;+1;-1. The van der Waals surface area contributed by atoms with Gasteiger partial charge in [-0.3, -0.25) is 4.79 Å². The summed E-state index contributed by atoms with van der Waals surface area (Å²) < 4.78 is 0. The van der Waals surface area contributed by atoms with Gasteiger partial charge in [-0.05, 0) is 6.42 Å². The average Bonchev–Trinajstić information content (AvgIpc) is 1.87. The zero-order valence-corrected chi connectivity index (χ0v) is 10.8. The largest absolute Gasteiger partial charge is 1.00 e. The molecule has 0 radical (unpaired) electrons. The van der Waals surface area contributed by atoms with Gasteiger partial charge in [0.15, 0.2) is 0 Å². The first-order valence-electron chi connectivity index (χ1n) is 3.99. The fourth-order valence-corrected chi connectivity index (χ4v) is 0.880. The summed E-state index contributed by atoms with van der Waals surface area (Å²) in [5, 5.41) is 8.27. The van der Waals surface area contributed by atoms with Crippen molar-refractivity contribution in [1.82, 2.24) is 0 Å². The van der Waals surface area contributed by atoms with Crippen LogP contribution in [0.3, 0.4) is 0 Å². The predicted octanol–water partition coefficient (Wildman–Crippen LogP) is -0.0302. The van der Waals surface area contributed by atoms with Crippen molar-refractivity contribution in [3.63, 3.8) is 0 Å². The number of unbranched alkanes of at least 4 members (excludes halogenated alkanes) is 4. The van der Waals surface area contributed by atoms with Gasteiger partial charge in [-0.2, -0.15) is 0 Å². The van der Waals surface area contributed by atoms with Crippen molar-refractivity contribution in [3.8, 4) is 0 Å². The molecule has 0 aromatic heterocycles. The number of halogens is 1. The molecule has 0 aromatic carbocycles. The van der Waals surface area contributed by atoms with E-state index in [0.29, 0.717) is 6.42 Å². The summed E-state index contributed by atoms with van der Waals surface area (Å²) in [7, 11) is 0. The molecule has 0 unspecified atom stereocenters. The molecule has 0 saturated heterocycles. The Kier molecular flexibility index (Phi) is 22.1. The molecule has 0 aliphatic carbocycles. The smallest absolute Gasteiger partial charge is 1.00 e. The molecular weight excluding hydrogens is 187 g/mol. The van der Waals surface area contributed by atoms with Crippen molar-refractivity contribution >= 4 is 18.4 Å². The second-order valence-corrected chi connectivity index (χ2v) is 2.56. The molecular formula is C8H18ClNaO2. The molecule has 0 bridgehead atoms. The monoisotopic (exact) mass is 204 g/mol. The molecule has 0 aromatic rings. The van der Waals surface area contributed by atoms with Crippen LogP contribution >= 0.6 is 12.4 Å². The van der Waals surface area contributed by atoms with Gasteiger partial charge < -0.3 is 6.53 Å². The Morgan fingerprint density at radius 2 is 1.75 bits per heavy atom. The van der Waals surface area contributed by atoms with Crippen LogP contribution in [0, 0.1) is 0 Å². The van der Waals surface area contributed by atoms with Crippen LogP contribution in [0.1, 0.15) is 46.9 Å². The van der Waals surface area contributed by atoms with Gasteiger partial charge in [0.05, 0.1) is 0 Å². The minimum atomic E-state index is -0.670.